The van der Waals surface area contributed by atoms with Crippen LogP contribution in [0, 0.1) is 50.7 Å². The van der Waals surface area contributed by atoms with Gasteiger partial charge in [0.1, 0.15) is 6.10 Å². The molecule has 0 aromatic carbocycles. The van der Waals surface area contributed by atoms with Crippen LogP contribution in [-0.4, -0.2) is 24.4 Å². The molecule has 5 nitrogen and oxygen atoms in total. The molecule has 0 aliphatic heterocycles. The van der Waals surface area contributed by atoms with Gasteiger partial charge in [-0.25, -0.2) is 0 Å². The highest BCUT2D eigenvalue weighted by molar-refractivity contribution is 6.00. The molecule has 8 atom stereocenters. The lowest BCUT2D eigenvalue weighted by Gasteiger charge is -2.72. The van der Waals surface area contributed by atoms with Gasteiger partial charge in [-0.1, -0.05) is 54.0 Å². The third-order valence-corrected chi connectivity index (χ3v) is 13.3. The Labute approximate surface area is 225 Å². The third kappa shape index (κ3) is 3.54. The molecule has 4 fully saturated rings. The Hall–Kier alpha value is -1.20. The second kappa shape index (κ2) is 8.65. The quantitative estimate of drug-likeness (QED) is 0.260. The monoisotopic (exact) mass is 512 g/mol. The van der Waals surface area contributed by atoms with Gasteiger partial charge in [-0.3, -0.25) is 20.9 Å². The number of nitrogens with one attached hydrogen (secondary N) is 1. The third-order valence-electron chi connectivity index (χ3n) is 13.3. The van der Waals surface area contributed by atoms with Crippen molar-refractivity contribution in [2.75, 3.05) is 6.54 Å². The minimum atomic E-state index is -0.145. The average molecular weight is 513 g/mol. The summed E-state index contributed by atoms with van der Waals surface area (Å²) < 4.78 is 5.90. The molecule has 37 heavy (non-hydrogen) atoms. The first-order valence-corrected chi connectivity index (χ1v) is 15.1. The summed E-state index contributed by atoms with van der Waals surface area (Å²) >= 11 is 0. The second-order valence-electron chi connectivity index (χ2n) is 15.3. The van der Waals surface area contributed by atoms with E-state index in [0.717, 1.165) is 24.8 Å². The maximum atomic E-state index is 13.5. The summed E-state index contributed by atoms with van der Waals surface area (Å²) in [6, 6.07) is 0. The van der Waals surface area contributed by atoms with E-state index in [-0.39, 0.29) is 45.1 Å². The van der Waals surface area contributed by atoms with E-state index in [1.165, 1.54) is 37.7 Å². The molecule has 0 aromatic heterocycles. The molecule has 0 spiro atoms. The van der Waals surface area contributed by atoms with Crippen LogP contribution in [0.4, 0.5) is 0 Å². The van der Waals surface area contributed by atoms with Crippen LogP contribution in [0.1, 0.15) is 113 Å². The molecule has 5 heteroatoms. The minimum Gasteiger partial charge on any atom is -0.462 e. The normalized spacial score (nSPS) is 46.7. The van der Waals surface area contributed by atoms with Crippen molar-refractivity contribution in [1.29, 1.82) is 0 Å². The zero-order chi connectivity index (χ0) is 27.2. The Morgan fingerprint density at radius 2 is 1.68 bits per heavy atom. The lowest BCUT2D eigenvalue weighted by molar-refractivity contribution is -0.232. The van der Waals surface area contributed by atoms with Crippen molar-refractivity contribution in [1.82, 2.24) is 5.43 Å². The van der Waals surface area contributed by atoms with Crippen molar-refractivity contribution in [3.63, 3.8) is 0 Å². The summed E-state index contributed by atoms with van der Waals surface area (Å²) in [5.41, 5.74) is 6.17. The average Bonchev–Trinajstić information content (AvgIpc) is 3.08. The summed E-state index contributed by atoms with van der Waals surface area (Å²) in [5.74, 6) is 8.11. The van der Waals surface area contributed by atoms with E-state index in [2.05, 4.69) is 53.9 Å². The molecule has 208 valence electrons. The number of carbonyl (C=O) groups excluding carboxylic acids is 2. The summed E-state index contributed by atoms with van der Waals surface area (Å²) in [5, 5.41) is 0. The van der Waals surface area contributed by atoms with E-state index in [1.54, 1.807) is 6.92 Å². The second-order valence-corrected chi connectivity index (χ2v) is 15.3. The van der Waals surface area contributed by atoms with E-state index in [0.29, 0.717) is 36.5 Å². The maximum absolute atomic E-state index is 13.5. The van der Waals surface area contributed by atoms with Gasteiger partial charge >= 0.3 is 5.97 Å². The van der Waals surface area contributed by atoms with Crippen molar-refractivity contribution in [3.8, 4) is 0 Å². The van der Waals surface area contributed by atoms with E-state index in [1.807, 2.05) is 0 Å². The molecule has 0 bridgehead atoms. The Morgan fingerprint density at radius 3 is 2.30 bits per heavy atom. The molecule has 3 N–H and O–H groups in total. The van der Waals surface area contributed by atoms with Crippen LogP contribution in [0.25, 0.3) is 0 Å². The Balaban J connectivity index is 1.55. The van der Waals surface area contributed by atoms with Crippen LogP contribution >= 0.6 is 0 Å². The van der Waals surface area contributed by atoms with E-state index in [9.17, 15) is 9.59 Å². The van der Waals surface area contributed by atoms with Gasteiger partial charge in [0.15, 0.2) is 5.78 Å². The summed E-state index contributed by atoms with van der Waals surface area (Å²) in [4.78, 5) is 25.4. The summed E-state index contributed by atoms with van der Waals surface area (Å²) in [7, 11) is 0. The molecule has 5 rings (SSSR count). The van der Waals surface area contributed by atoms with E-state index >= 15 is 0 Å². The van der Waals surface area contributed by atoms with Crippen molar-refractivity contribution in [3.05, 3.63) is 11.1 Å². The SMILES string of the molecule is CC(=O)O[C@H]1CC[C@]2(C)[C@H]3CC[C@@H]4C5=C(C(C)C)C(=O)C[C@]5(CNN)CC[C@@]4(C)[C@]3(C)CC[C@H]2C1(C)C. The maximum Gasteiger partial charge on any atom is 0.302 e. The standard InChI is InChI=1S/C32H52N2O3/c1-19(2)26-22(36)17-32(18-34-33)16-15-30(7)21(27(26)32)9-10-24-29(6)13-12-25(37-20(3)35)28(4,5)23(29)11-14-31(24,30)8/h19,21,23-25,34H,9-18,33H2,1-8H3/t21-,23+,24-,25+,29+,30-,31-,32+/m1/s1. The van der Waals surface area contributed by atoms with E-state index < -0.39 is 0 Å². The molecule has 0 unspecified atom stereocenters. The molecule has 0 saturated heterocycles. The number of hydrogen-bond donors (Lipinski definition) is 2. The number of ketones is 1. The molecule has 0 heterocycles. The fourth-order valence-corrected chi connectivity index (χ4v) is 11.5. The van der Waals surface area contributed by atoms with Gasteiger partial charge in [0.25, 0.3) is 0 Å². The zero-order valence-corrected chi connectivity index (χ0v) is 24.8. The number of hydrazine groups is 1. The van der Waals surface area contributed by atoms with Gasteiger partial charge in [0.05, 0.1) is 0 Å². The van der Waals surface area contributed by atoms with E-state index in [4.69, 9.17) is 10.6 Å². The van der Waals surface area contributed by atoms with Crippen molar-refractivity contribution in [2.24, 2.45) is 56.6 Å². The number of ether oxygens (including phenoxy) is 1. The van der Waals surface area contributed by atoms with Gasteiger partial charge in [-0.15, -0.1) is 0 Å². The van der Waals surface area contributed by atoms with Crippen molar-refractivity contribution in [2.45, 2.75) is 119 Å². The minimum absolute atomic E-state index is 0.0154. The molecule has 0 amide bonds. The Kier molecular flexibility index (Phi) is 6.40. The molecular weight excluding hydrogens is 460 g/mol. The molecule has 4 saturated carbocycles. The van der Waals surface area contributed by atoms with Crippen LogP contribution in [0.15, 0.2) is 11.1 Å². The van der Waals surface area contributed by atoms with Crippen LogP contribution in [0.5, 0.6) is 0 Å². The lowest BCUT2D eigenvalue weighted by atomic mass is 9.33. The number of esters is 1. The first-order valence-electron chi connectivity index (χ1n) is 15.1. The van der Waals surface area contributed by atoms with Gasteiger partial charge in [0, 0.05) is 30.7 Å². The fraction of sp³-hybridized carbons (Fsp3) is 0.875. The van der Waals surface area contributed by atoms with Crippen LogP contribution in [-0.2, 0) is 14.3 Å². The van der Waals surface area contributed by atoms with Crippen LogP contribution in [0.3, 0.4) is 0 Å². The molecular formula is C32H52N2O3. The first-order chi connectivity index (χ1) is 17.2. The Morgan fingerprint density at radius 1 is 0.973 bits per heavy atom. The fourth-order valence-electron chi connectivity index (χ4n) is 11.5. The number of nitrogens with two attached hydrogens (primary N) is 1. The highest BCUT2D eigenvalue weighted by Gasteiger charge is 2.70. The smallest absolute Gasteiger partial charge is 0.302 e. The number of rotatable bonds is 4. The van der Waals surface area contributed by atoms with Gasteiger partial charge < -0.3 is 4.74 Å². The van der Waals surface area contributed by atoms with Crippen LogP contribution in [0.2, 0.25) is 0 Å². The number of Topliss-reactive ketones (excluding diaryl/α,β-unsaturated/α-hetero) is 1. The lowest BCUT2D eigenvalue weighted by Crippen LogP contribution is -2.66. The highest BCUT2D eigenvalue weighted by Crippen LogP contribution is 2.76. The first kappa shape index (κ1) is 27.4. The zero-order valence-electron chi connectivity index (χ0n) is 24.8. The number of carbonyl (C=O) groups is 2. The van der Waals surface area contributed by atoms with Crippen molar-refractivity contribution < 1.29 is 14.3 Å². The van der Waals surface area contributed by atoms with Gasteiger partial charge in [0.2, 0.25) is 0 Å². The molecule has 0 aromatic rings. The van der Waals surface area contributed by atoms with Gasteiger partial charge in [-0.05, 0) is 96.9 Å². The molecule has 5 aliphatic carbocycles. The largest absolute Gasteiger partial charge is 0.462 e. The topological polar surface area (TPSA) is 81.4 Å². The Bertz CT molecular complexity index is 1020. The number of fused-ring (bicyclic) bond motifs is 7. The predicted molar refractivity (Wildman–Crippen MR) is 147 cm³/mol. The highest BCUT2D eigenvalue weighted by atomic mass is 16.5. The summed E-state index contributed by atoms with van der Waals surface area (Å²) in [6.07, 6.45) is 9.82. The van der Waals surface area contributed by atoms with Gasteiger partial charge in [-0.2, -0.15) is 0 Å². The predicted octanol–water partition coefficient (Wildman–Crippen LogP) is 6.36. The van der Waals surface area contributed by atoms with Crippen LogP contribution < -0.4 is 11.3 Å². The molecule has 0 radical (unpaired) electrons. The number of hydrogen-bond acceptors (Lipinski definition) is 5. The summed E-state index contributed by atoms with van der Waals surface area (Å²) in [6.45, 7) is 19.2. The molecule has 5 aliphatic rings. The van der Waals surface area contributed by atoms with Crippen molar-refractivity contribution >= 4 is 11.8 Å². The number of allylic oxidation sites excluding steroid dienone is 1.